The van der Waals surface area contributed by atoms with Crippen molar-refractivity contribution in [3.8, 4) is 0 Å². The molecule has 1 fully saturated rings. The number of aliphatic carboxylic acids is 1. The SMILES string of the molecule is CC(CC(=O)O)NC(=O)C1CC1c1ccccc1. The Balaban J connectivity index is 1.84. The van der Waals surface area contributed by atoms with Crippen LogP contribution < -0.4 is 5.32 Å². The van der Waals surface area contributed by atoms with Crippen LogP contribution in [0.3, 0.4) is 0 Å². The Labute approximate surface area is 106 Å². The predicted octanol–water partition coefficient (Wildman–Crippen LogP) is 1.77. The summed E-state index contributed by atoms with van der Waals surface area (Å²) in [5, 5.41) is 11.4. The minimum absolute atomic E-state index is 0.00337. The molecule has 1 aliphatic rings. The molecule has 0 aliphatic heterocycles. The number of hydrogen-bond acceptors (Lipinski definition) is 2. The van der Waals surface area contributed by atoms with Gasteiger partial charge in [-0.15, -0.1) is 0 Å². The molecule has 1 aromatic rings. The number of amides is 1. The number of carbonyl (C=O) groups excluding carboxylic acids is 1. The summed E-state index contributed by atoms with van der Waals surface area (Å²) >= 11 is 0. The van der Waals surface area contributed by atoms with Crippen molar-refractivity contribution in [2.24, 2.45) is 5.92 Å². The quantitative estimate of drug-likeness (QED) is 0.833. The van der Waals surface area contributed by atoms with Crippen LogP contribution in [-0.2, 0) is 9.59 Å². The van der Waals surface area contributed by atoms with Crippen LogP contribution in [0.5, 0.6) is 0 Å². The highest BCUT2D eigenvalue weighted by molar-refractivity contribution is 5.83. The van der Waals surface area contributed by atoms with Gasteiger partial charge in [0.25, 0.3) is 0 Å². The maximum absolute atomic E-state index is 11.9. The third kappa shape index (κ3) is 3.09. The van der Waals surface area contributed by atoms with Crippen molar-refractivity contribution in [3.05, 3.63) is 35.9 Å². The third-order valence-electron chi connectivity index (χ3n) is 3.22. The van der Waals surface area contributed by atoms with Crippen LogP contribution in [0.2, 0.25) is 0 Å². The lowest BCUT2D eigenvalue weighted by Gasteiger charge is -2.11. The fourth-order valence-corrected chi connectivity index (χ4v) is 2.22. The smallest absolute Gasteiger partial charge is 0.305 e. The Morgan fingerprint density at radius 1 is 1.39 bits per heavy atom. The molecule has 4 heteroatoms. The summed E-state index contributed by atoms with van der Waals surface area (Å²) in [7, 11) is 0. The molecule has 2 rings (SSSR count). The number of carboxylic acid groups (broad SMARTS) is 1. The van der Waals surface area contributed by atoms with Gasteiger partial charge in [-0.3, -0.25) is 9.59 Å². The van der Waals surface area contributed by atoms with Crippen molar-refractivity contribution in [3.63, 3.8) is 0 Å². The van der Waals surface area contributed by atoms with E-state index >= 15 is 0 Å². The molecule has 0 spiro atoms. The Hall–Kier alpha value is -1.84. The normalized spacial score (nSPS) is 23.2. The number of carboxylic acids is 1. The summed E-state index contributed by atoms with van der Waals surface area (Å²) in [6, 6.07) is 9.63. The highest BCUT2D eigenvalue weighted by Crippen LogP contribution is 2.47. The molecular formula is C14H17NO3. The van der Waals surface area contributed by atoms with E-state index in [1.807, 2.05) is 30.3 Å². The van der Waals surface area contributed by atoms with Gasteiger partial charge < -0.3 is 10.4 Å². The summed E-state index contributed by atoms with van der Waals surface area (Å²) in [4.78, 5) is 22.4. The monoisotopic (exact) mass is 247 g/mol. The molecule has 3 unspecified atom stereocenters. The van der Waals surface area contributed by atoms with E-state index in [-0.39, 0.29) is 24.3 Å². The minimum Gasteiger partial charge on any atom is -0.481 e. The number of carbonyl (C=O) groups is 2. The maximum atomic E-state index is 11.9. The van der Waals surface area contributed by atoms with Gasteiger partial charge in [-0.05, 0) is 24.8 Å². The third-order valence-corrected chi connectivity index (χ3v) is 3.22. The molecule has 1 aromatic carbocycles. The standard InChI is InChI=1S/C14H17NO3/c1-9(7-13(16)17)15-14(18)12-8-11(12)10-5-3-2-4-6-10/h2-6,9,11-12H,7-8H2,1H3,(H,15,18)(H,16,17). The fraction of sp³-hybridized carbons (Fsp3) is 0.429. The Kier molecular flexibility index (Phi) is 3.65. The lowest BCUT2D eigenvalue weighted by Crippen LogP contribution is -2.35. The van der Waals surface area contributed by atoms with Gasteiger partial charge >= 0.3 is 5.97 Å². The topological polar surface area (TPSA) is 66.4 Å². The molecule has 1 amide bonds. The van der Waals surface area contributed by atoms with Gasteiger partial charge in [-0.2, -0.15) is 0 Å². The van der Waals surface area contributed by atoms with E-state index in [1.54, 1.807) is 6.92 Å². The average molecular weight is 247 g/mol. The van der Waals surface area contributed by atoms with Gasteiger partial charge in [0.2, 0.25) is 5.91 Å². The number of benzene rings is 1. The first kappa shape index (κ1) is 12.6. The first-order valence-electron chi connectivity index (χ1n) is 6.15. The van der Waals surface area contributed by atoms with Gasteiger partial charge in [-0.25, -0.2) is 0 Å². The highest BCUT2D eigenvalue weighted by atomic mass is 16.4. The van der Waals surface area contributed by atoms with E-state index in [4.69, 9.17) is 5.11 Å². The van der Waals surface area contributed by atoms with E-state index < -0.39 is 5.97 Å². The van der Waals surface area contributed by atoms with E-state index in [0.29, 0.717) is 5.92 Å². The van der Waals surface area contributed by atoms with E-state index in [0.717, 1.165) is 6.42 Å². The van der Waals surface area contributed by atoms with E-state index in [2.05, 4.69) is 5.32 Å². The molecule has 96 valence electrons. The second-order valence-electron chi connectivity index (χ2n) is 4.87. The van der Waals surface area contributed by atoms with Crippen LogP contribution in [0, 0.1) is 5.92 Å². The van der Waals surface area contributed by atoms with Crippen LogP contribution in [0.25, 0.3) is 0 Å². The van der Waals surface area contributed by atoms with Gasteiger partial charge in [-0.1, -0.05) is 30.3 Å². The first-order valence-corrected chi connectivity index (χ1v) is 6.15. The second kappa shape index (κ2) is 5.21. The minimum atomic E-state index is -0.891. The molecule has 1 saturated carbocycles. The second-order valence-corrected chi connectivity index (χ2v) is 4.87. The van der Waals surface area contributed by atoms with Crippen LogP contribution in [-0.4, -0.2) is 23.0 Å². The largest absolute Gasteiger partial charge is 0.481 e. The van der Waals surface area contributed by atoms with Crippen molar-refractivity contribution in [2.75, 3.05) is 0 Å². The van der Waals surface area contributed by atoms with Crippen LogP contribution in [0.15, 0.2) is 30.3 Å². The molecule has 2 N–H and O–H groups in total. The highest BCUT2D eigenvalue weighted by Gasteiger charge is 2.44. The van der Waals surface area contributed by atoms with Crippen molar-refractivity contribution < 1.29 is 14.7 Å². The summed E-state index contributed by atoms with van der Waals surface area (Å²) in [6.45, 7) is 1.71. The zero-order valence-electron chi connectivity index (χ0n) is 10.3. The summed E-state index contributed by atoms with van der Waals surface area (Å²) in [5.74, 6) is -0.623. The molecule has 0 bridgehead atoms. The fourth-order valence-electron chi connectivity index (χ4n) is 2.22. The molecule has 0 heterocycles. The maximum Gasteiger partial charge on any atom is 0.305 e. The van der Waals surface area contributed by atoms with Crippen LogP contribution >= 0.6 is 0 Å². The Morgan fingerprint density at radius 3 is 2.67 bits per heavy atom. The summed E-state index contributed by atoms with van der Waals surface area (Å²) in [6.07, 6.45) is 0.824. The lowest BCUT2D eigenvalue weighted by atomic mass is 10.1. The summed E-state index contributed by atoms with van der Waals surface area (Å²) < 4.78 is 0. The molecule has 18 heavy (non-hydrogen) atoms. The van der Waals surface area contributed by atoms with Crippen molar-refractivity contribution in [2.45, 2.75) is 31.7 Å². The Morgan fingerprint density at radius 2 is 2.06 bits per heavy atom. The zero-order chi connectivity index (χ0) is 13.1. The van der Waals surface area contributed by atoms with Gasteiger partial charge in [0, 0.05) is 12.0 Å². The average Bonchev–Trinajstić information content (AvgIpc) is 3.08. The molecule has 1 aliphatic carbocycles. The van der Waals surface area contributed by atoms with Gasteiger partial charge in [0.05, 0.1) is 6.42 Å². The van der Waals surface area contributed by atoms with E-state index in [1.165, 1.54) is 5.56 Å². The van der Waals surface area contributed by atoms with Crippen LogP contribution in [0.1, 0.15) is 31.2 Å². The van der Waals surface area contributed by atoms with Gasteiger partial charge in [0.15, 0.2) is 0 Å². The van der Waals surface area contributed by atoms with Gasteiger partial charge in [0.1, 0.15) is 0 Å². The summed E-state index contributed by atoms with van der Waals surface area (Å²) in [5.41, 5.74) is 1.18. The van der Waals surface area contributed by atoms with Crippen molar-refractivity contribution in [1.82, 2.24) is 5.32 Å². The molecule has 3 atom stereocenters. The first-order chi connectivity index (χ1) is 8.58. The van der Waals surface area contributed by atoms with E-state index in [9.17, 15) is 9.59 Å². The molecule has 0 aromatic heterocycles. The number of nitrogens with one attached hydrogen (secondary N) is 1. The molecule has 0 radical (unpaired) electrons. The number of rotatable bonds is 5. The van der Waals surface area contributed by atoms with Crippen molar-refractivity contribution >= 4 is 11.9 Å². The number of hydrogen-bond donors (Lipinski definition) is 2. The van der Waals surface area contributed by atoms with Crippen molar-refractivity contribution in [1.29, 1.82) is 0 Å². The predicted molar refractivity (Wildman–Crippen MR) is 67.1 cm³/mol. The molecule has 4 nitrogen and oxygen atoms in total. The Bertz CT molecular complexity index is 444. The van der Waals surface area contributed by atoms with Crippen LogP contribution in [0.4, 0.5) is 0 Å². The zero-order valence-corrected chi connectivity index (χ0v) is 10.3. The molecular weight excluding hydrogens is 230 g/mol. The molecule has 0 saturated heterocycles. The lowest BCUT2D eigenvalue weighted by molar-refractivity contribution is -0.137.